The van der Waals surface area contributed by atoms with E-state index >= 15 is 0 Å². The molecule has 5 rings (SSSR count). The Kier molecular flexibility index (Phi) is 5.18. The van der Waals surface area contributed by atoms with E-state index in [0.29, 0.717) is 36.8 Å². The van der Waals surface area contributed by atoms with Gasteiger partial charge in [0.1, 0.15) is 5.82 Å². The Hall–Kier alpha value is -2.11. The highest BCUT2D eigenvalue weighted by Crippen LogP contribution is 2.42. The Balaban J connectivity index is 1.35. The molecule has 4 fully saturated rings. The number of piperidine rings is 3. The van der Waals surface area contributed by atoms with Gasteiger partial charge in [-0.2, -0.15) is 0 Å². The zero-order valence-electron chi connectivity index (χ0n) is 17.1. The molecule has 0 radical (unpaired) electrons. The number of carbonyl (C=O) groups is 2. The Bertz CT molecular complexity index is 749. The highest BCUT2D eigenvalue weighted by atomic mass is 16.2. The van der Waals surface area contributed by atoms with E-state index in [1.54, 1.807) is 0 Å². The molecule has 1 saturated carbocycles. The van der Waals surface area contributed by atoms with E-state index in [0.717, 1.165) is 63.9 Å². The van der Waals surface area contributed by atoms with Gasteiger partial charge in [0.25, 0.3) is 0 Å². The number of anilines is 1. The van der Waals surface area contributed by atoms with Crippen molar-refractivity contribution in [2.75, 3.05) is 24.5 Å². The van der Waals surface area contributed by atoms with Gasteiger partial charge in [0.15, 0.2) is 0 Å². The largest absolute Gasteiger partial charge is 0.356 e. The van der Waals surface area contributed by atoms with Gasteiger partial charge in [-0.05, 0) is 56.1 Å². The number of pyridine rings is 1. The van der Waals surface area contributed by atoms with E-state index in [-0.39, 0.29) is 17.9 Å². The molecule has 156 valence electrons. The Morgan fingerprint density at radius 3 is 2.72 bits per heavy atom. The van der Waals surface area contributed by atoms with Crippen LogP contribution in [0.3, 0.4) is 0 Å². The van der Waals surface area contributed by atoms with Crippen LogP contribution >= 0.6 is 0 Å². The Morgan fingerprint density at radius 2 is 1.93 bits per heavy atom. The summed E-state index contributed by atoms with van der Waals surface area (Å²) in [6, 6.07) is 6.51. The first-order valence-corrected chi connectivity index (χ1v) is 11.5. The Labute approximate surface area is 173 Å². The molecule has 2 amide bonds. The van der Waals surface area contributed by atoms with Crippen molar-refractivity contribution in [1.29, 1.82) is 0 Å². The molecule has 4 atom stereocenters. The number of hydrogen-bond acceptors (Lipinski definition) is 4. The summed E-state index contributed by atoms with van der Waals surface area (Å²) in [6.45, 7) is 2.49. The van der Waals surface area contributed by atoms with Crippen LogP contribution in [0.4, 0.5) is 5.82 Å². The van der Waals surface area contributed by atoms with E-state index in [1.807, 2.05) is 18.3 Å². The molecule has 0 unspecified atom stereocenters. The van der Waals surface area contributed by atoms with Gasteiger partial charge < -0.3 is 15.1 Å². The van der Waals surface area contributed by atoms with E-state index in [9.17, 15) is 9.59 Å². The van der Waals surface area contributed by atoms with Crippen LogP contribution in [0.2, 0.25) is 0 Å². The molecule has 0 aromatic carbocycles. The normalized spacial score (nSPS) is 32.2. The molecule has 2 bridgehead atoms. The molecule has 29 heavy (non-hydrogen) atoms. The second kappa shape index (κ2) is 7.96. The summed E-state index contributed by atoms with van der Waals surface area (Å²) in [6.07, 6.45) is 10.1. The van der Waals surface area contributed by atoms with Gasteiger partial charge in [-0.3, -0.25) is 9.59 Å². The van der Waals surface area contributed by atoms with Gasteiger partial charge in [-0.15, -0.1) is 0 Å². The lowest BCUT2D eigenvalue weighted by atomic mass is 9.72. The fourth-order valence-electron chi connectivity index (χ4n) is 6.30. The van der Waals surface area contributed by atoms with Gasteiger partial charge in [0, 0.05) is 44.2 Å². The zero-order chi connectivity index (χ0) is 19.8. The first-order valence-electron chi connectivity index (χ1n) is 11.5. The fraction of sp³-hybridized carbons (Fsp3) is 0.696. The zero-order valence-corrected chi connectivity index (χ0v) is 17.1. The summed E-state index contributed by atoms with van der Waals surface area (Å²) in [7, 11) is 0. The number of hydrogen-bond donors (Lipinski definition) is 1. The third kappa shape index (κ3) is 3.62. The van der Waals surface area contributed by atoms with Crippen LogP contribution in [-0.4, -0.2) is 53.4 Å². The standard InChI is InChI=1S/C23H32N4O2/c28-22-10-5-8-19-17-12-18(15-26(14-17)21-9-3-4-11-24-21)20(27(19)22)13-25-23(29)16-6-1-2-7-16/h3-4,9,11,16-20H,1-2,5-8,10,12-15H2,(H,25,29)/t17-,18+,19+,20+/m1/s1. The van der Waals surface area contributed by atoms with Crippen LogP contribution in [0.1, 0.15) is 51.4 Å². The molecule has 6 nitrogen and oxygen atoms in total. The molecule has 1 aromatic heterocycles. The van der Waals surface area contributed by atoms with Crippen molar-refractivity contribution in [1.82, 2.24) is 15.2 Å². The van der Waals surface area contributed by atoms with Crippen LogP contribution in [0, 0.1) is 17.8 Å². The minimum atomic E-state index is 0.112. The minimum Gasteiger partial charge on any atom is -0.356 e. The predicted molar refractivity (Wildman–Crippen MR) is 111 cm³/mol. The second-order valence-corrected chi connectivity index (χ2v) is 9.40. The fourth-order valence-corrected chi connectivity index (χ4v) is 6.30. The number of fused-ring (bicyclic) bond motifs is 4. The maximum atomic E-state index is 12.9. The van der Waals surface area contributed by atoms with E-state index in [2.05, 4.69) is 26.2 Å². The highest BCUT2D eigenvalue weighted by molar-refractivity contribution is 5.80. The predicted octanol–water partition coefficient (Wildman–Crippen LogP) is 2.59. The number of rotatable bonds is 4. The smallest absolute Gasteiger partial charge is 0.223 e. The lowest BCUT2D eigenvalue weighted by Gasteiger charge is -2.56. The molecule has 3 aliphatic heterocycles. The van der Waals surface area contributed by atoms with Crippen molar-refractivity contribution < 1.29 is 9.59 Å². The quantitative estimate of drug-likeness (QED) is 0.850. The van der Waals surface area contributed by atoms with Crippen molar-refractivity contribution >= 4 is 17.6 Å². The van der Waals surface area contributed by atoms with E-state index < -0.39 is 0 Å². The van der Waals surface area contributed by atoms with Crippen molar-refractivity contribution in [2.24, 2.45) is 17.8 Å². The number of nitrogens with zero attached hydrogens (tertiary/aromatic N) is 3. The summed E-state index contributed by atoms with van der Waals surface area (Å²) in [5.74, 6) is 2.59. The van der Waals surface area contributed by atoms with Crippen LogP contribution < -0.4 is 10.2 Å². The molecule has 1 aromatic rings. The third-order valence-corrected chi connectivity index (χ3v) is 7.68. The molecule has 3 saturated heterocycles. The SMILES string of the molecule is O=C(NC[C@H]1[C@H]2C[C@H](CN(c3ccccn3)C2)[C@@H]2CCCC(=O)N21)C1CCCC1. The van der Waals surface area contributed by atoms with Gasteiger partial charge in [-0.1, -0.05) is 18.9 Å². The summed E-state index contributed by atoms with van der Waals surface area (Å²) in [4.78, 5) is 34.7. The number of aromatic nitrogens is 1. The maximum absolute atomic E-state index is 12.9. The highest BCUT2D eigenvalue weighted by Gasteiger charge is 2.49. The minimum absolute atomic E-state index is 0.112. The maximum Gasteiger partial charge on any atom is 0.223 e. The average Bonchev–Trinajstić information content (AvgIpc) is 3.29. The summed E-state index contributed by atoms with van der Waals surface area (Å²) < 4.78 is 0. The lowest BCUT2D eigenvalue weighted by Crippen LogP contribution is -2.67. The van der Waals surface area contributed by atoms with Crippen LogP contribution in [0.5, 0.6) is 0 Å². The molecule has 1 aliphatic carbocycles. The molecule has 4 aliphatic rings. The van der Waals surface area contributed by atoms with Gasteiger partial charge in [-0.25, -0.2) is 4.98 Å². The van der Waals surface area contributed by atoms with E-state index in [1.165, 1.54) is 0 Å². The molecule has 0 spiro atoms. The third-order valence-electron chi connectivity index (χ3n) is 7.68. The Morgan fingerprint density at radius 1 is 1.10 bits per heavy atom. The first kappa shape index (κ1) is 18.9. The van der Waals surface area contributed by atoms with Crippen molar-refractivity contribution in [2.45, 2.75) is 63.5 Å². The molecule has 4 heterocycles. The molecular weight excluding hydrogens is 364 g/mol. The van der Waals surface area contributed by atoms with Crippen molar-refractivity contribution in [3.8, 4) is 0 Å². The number of carbonyl (C=O) groups excluding carboxylic acids is 2. The summed E-state index contributed by atoms with van der Waals surface area (Å²) >= 11 is 0. The second-order valence-electron chi connectivity index (χ2n) is 9.40. The molecular formula is C23H32N4O2. The average molecular weight is 397 g/mol. The lowest BCUT2D eigenvalue weighted by molar-refractivity contribution is -0.149. The van der Waals surface area contributed by atoms with E-state index in [4.69, 9.17) is 0 Å². The van der Waals surface area contributed by atoms with Crippen molar-refractivity contribution in [3.05, 3.63) is 24.4 Å². The summed E-state index contributed by atoms with van der Waals surface area (Å²) in [5.41, 5.74) is 0. The monoisotopic (exact) mass is 396 g/mol. The number of nitrogens with one attached hydrogen (secondary N) is 1. The van der Waals surface area contributed by atoms with Crippen LogP contribution in [0.25, 0.3) is 0 Å². The number of amides is 2. The van der Waals surface area contributed by atoms with Crippen molar-refractivity contribution in [3.63, 3.8) is 0 Å². The van der Waals surface area contributed by atoms with Crippen LogP contribution in [-0.2, 0) is 9.59 Å². The molecule has 1 N–H and O–H groups in total. The summed E-state index contributed by atoms with van der Waals surface area (Å²) in [5, 5.41) is 3.24. The van der Waals surface area contributed by atoms with Gasteiger partial charge >= 0.3 is 0 Å². The van der Waals surface area contributed by atoms with Gasteiger partial charge in [0.05, 0.1) is 6.04 Å². The van der Waals surface area contributed by atoms with Crippen LogP contribution in [0.15, 0.2) is 24.4 Å². The first-order chi connectivity index (χ1) is 14.2. The van der Waals surface area contributed by atoms with Gasteiger partial charge in [0.2, 0.25) is 11.8 Å². The topological polar surface area (TPSA) is 65.5 Å². The molecule has 6 heteroatoms.